The molecule has 214 valence electrons. The smallest absolute Gasteiger partial charge is 0.123 e. The summed E-state index contributed by atoms with van der Waals surface area (Å²) in [5.74, 6) is 4.99. The molecule has 2 saturated carbocycles. The first kappa shape index (κ1) is 24.2. The lowest BCUT2D eigenvalue weighted by Gasteiger charge is -2.26. The van der Waals surface area contributed by atoms with Crippen LogP contribution in [0.3, 0.4) is 0 Å². The van der Waals surface area contributed by atoms with Crippen LogP contribution < -0.4 is 10.6 Å². The SMILES string of the molecule is c1nc([C@@H]2CCCN2)[nH]c1-c1ccc(-c2ccc(-c3cnc([C@@H]4CCCN4)[nH]3)c3c2C2CCC3C2)c2c1C1CCC2C1. The molecule has 4 unspecified atom stereocenters. The zero-order valence-corrected chi connectivity index (χ0v) is 24.3. The minimum Gasteiger partial charge on any atom is -0.341 e. The van der Waals surface area contributed by atoms with Gasteiger partial charge in [0.2, 0.25) is 0 Å². The molecule has 6 heteroatoms. The molecule has 4 N–H and O–H groups in total. The van der Waals surface area contributed by atoms with Crippen molar-refractivity contribution in [3.8, 4) is 33.6 Å². The number of hydrogen-bond acceptors (Lipinski definition) is 4. The van der Waals surface area contributed by atoms with Crippen LogP contribution in [0.5, 0.6) is 0 Å². The maximum atomic E-state index is 4.85. The van der Waals surface area contributed by atoms with E-state index in [0.717, 1.165) is 24.7 Å². The van der Waals surface area contributed by atoms with E-state index in [0.29, 0.717) is 35.8 Å². The highest BCUT2D eigenvalue weighted by Gasteiger charge is 2.44. The summed E-state index contributed by atoms with van der Waals surface area (Å²) in [5, 5.41) is 7.23. The van der Waals surface area contributed by atoms with Crippen LogP contribution in [0, 0.1) is 0 Å². The van der Waals surface area contributed by atoms with Gasteiger partial charge in [-0.3, -0.25) is 0 Å². The van der Waals surface area contributed by atoms with Crippen molar-refractivity contribution in [3.63, 3.8) is 0 Å². The number of imidazole rings is 2. The molecule has 4 fully saturated rings. The Morgan fingerprint density at radius 3 is 1.31 bits per heavy atom. The van der Waals surface area contributed by atoms with Crippen LogP contribution in [0.25, 0.3) is 33.6 Å². The second-order valence-corrected chi connectivity index (χ2v) is 14.1. The number of aromatic amines is 2. The van der Waals surface area contributed by atoms with Gasteiger partial charge in [0.05, 0.1) is 35.9 Å². The van der Waals surface area contributed by atoms with Crippen molar-refractivity contribution in [2.75, 3.05) is 13.1 Å². The zero-order valence-electron chi connectivity index (χ0n) is 24.3. The van der Waals surface area contributed by atoms with Crippen molar-refractivity contribution in [2.45, 2.75) is 100.0 Å². The first-order chi connectivity index (χ1) is 20.8. The summed E-state index contributed by atoms with van der Waals surface area (Å²) in [6.45, 7) is 2.19. The zero-order chi connectivity index (χ0) is 27.4. The molecule has 4 bridgehead atoms. The fraction of sp³-hybridized carbons (Fsp3) is 0.500. The van der Waals surface area contributed by atoms with Gasteiger partial charge >= 0.3 is 0 Å². The van der Waals surface area contributed by atoms with Crippen LogP contribution in [0.4, 0.5) is 0 Å². The van der Waals surface area contributed by atoms with Gasteiger partial charge in [-0.1, -0.05) is 24.3 Å². The number of fused-ring (bicyclic) bond motifs is 10. The van der Waals surface area contributed by atoms with Crippen molar-refractivity contribution in [1.29, 1.82) is 0 Å². The Balaban J connectivity index is 1.09. The summed E-state index contributed by atoms with van der Waals surface area (Å²) in [4.78, 5) is 17.2. The fourth-order valence-electron chi connectivity index (χ4n) is 10.1. The van der Waals surface area contributed by atoms with Gasteiger partial charge in [0.1, 0.15) is 11.6 Å². The van der Waals surface area contributed by atoms with Crippen molar-refractivity contribution in [1.82, 2.24) is 30.6 Å². The van der Waals surface area contributed by atoms with Crippen LogP contribution in [0.15, 0.2) is 36.7 Å². The molecule has 10 rings (SSSR count). The summed E-state index contributed by atoms with van der Waals surface area (Å²) in [5.41, 5.74) is 14.8. The van der Waals surface area contributed by atoms with Gasteiger partial charge in [-0.2, -0.15) is 0 Å². The maximum absolute atomic E-state index is 4.85. The van der Waals surface area contributed by atoms with Crippen LogP contribution in [0.1, 0.15) is 134 Å². The second-order valence-electron chi connectivity index (χ2n) is 14.1. The molecule has 6 aliphatic rings. The van der Waals surface area contributed by atoms with E-state index in [1.54, 1.807) is 22.3 Å². The van der Waals surface area contributed by atoms with Crippen LogP contribution in [-0.4, -0.2) is 33.0 Å². The van der Waals surface area contributed by atoms with Gasteiger partial charge in [-0.25, -0.2) is 9.97 Å². The van der Waals surface area contributed by atoms with Gasteiger partial charge in [-0.05, 0) is 134 Å². The molecule has 0 spiro atoms. The highest BCUT2D eigenvalue weighted by Crippen LogP contribution is 2.62. The Hall–Kier alpha value is -3.22. The summed E-state index contributed by atoms with van der Waals surface area (Å²) >= 11 is 0. The van der Waals surface area contributed by atoms with Gasteiger partial charge in [0, 0.05) is 11.1 Å². The number of rotatable bonds is 5. The van der Waals surface area contributed by atoms with E-state index in [1.165, 1.54) is 97.8 Å². The van der Waals surface area contributed by atoms with Crippen molar-refractivity contribution in [2.24, 2.45) is 0 Å². The molecule has 6 atom stereocenters. The third kappa shape index (κ3) is 3.45. The highest BCUT2D eigenvalue weighted by atomic mass is 15.0. The molecule has 42 heavy (non-hydrogen) atoms. The summed E-state index contributed by atoms with van der Waals surface area (Å²) in [6, 6.07) is 10.6. The average Bonchev–Trinajstić information content (AvgIpc) is 3.89. The Morgan fingerprint density at radius 1 is 0.500 bits per heavy atom. The summed E-state index contributed by atoms with van der Waals surface area (Å²) < 4.78 is 0. The first-order valence-corrected chi connectivity index (χ1v) is 16.7. The molecule has 2 saturated heterocycles. The van der Waals surface area contributed by atoms with E-state index in [4.69, 9.17) is 9.97 Å². The van der Waals surface area contributed by atoms with E-state index < -0.39 is 0 Å². The normalized spacial score (nSPS) is 30.5. The average molecular weight is 557 g/mol. The lowest BCUT2D eigenvalue weighted by molar-refractivity contribution is 0.613. The lowest BCUT2D eigenvalue weighted by Crippen LogP contribution is -2.14. The molecule has 0 amide bonds. The molecular weight excluding hydrogens is 516 g/mol. The Morgan fingerprint density at radius 2 is 0.905 bits per heavy atom. The Kier molecular flexibility index (Phi) is 5.28. The maximum Gasteiger partial charge on any atom is 0.123 e. The molecular formula is C36H40N6. The van der Waals surface area contributed by atoms with E-state index >= 15 is 0 Å². The van der Waals surface area contributed by atoms with E-state index in [9.17, 15) is 0 Å². The monoisotopic (exact) mass is 556 g/mol. The third-order valence-electron chi connectivity index (χ3n) is 11.9. The molecule has 2 aromatic carbocycles. The number of nitrogens with one attached hydrogen (secondary N) is 4. The van der Waals surface area contributed by atoms with Gasteiger partial charge in [0.15, 0.2) is 0 Å². The van der Waals surface area contributed by atoms with Crippen molar-refractivity contribution < 1.29 is 0 Å². The largest absolute Gasteiger partial charge is 0.341 e. The fourth-order valence-corrected chi connectivity index (χ4v) is 10.1. The molecule has 4 aliphatic carbocycles. The quantitative estimate of drug-likeness (QED) is 0.203. The van der Waals surface area contributed by atoms with Crippen molar-refractivity contribution in [3.05, 3.63) is 70.6 Å². The Labute approximate surface area is 247 Å². The molecule has 4 heterocycles. The number of aromatic nitrogens is 4. The number of benzene rings is 2. The minimum atomic E-state index is 0.374. The van der Waals surface area contributed by atoms with Crippen molar-refractivity contribution >= 4 is 0 Å². The minimum absolute atomic E-state index is 0.374. The molecule has 2 aromatic heterocycles. The predicted molar refractivity (Wildman–Crippen MR) is 166 cm³/mol. The first-order valence-electron chi connectivity index (χ1n) is 16.7. The second kappa shape index (κ2) is 9.14. The molecule has 2 aliphatic heterocycles. The summed E-state index contributed by atoms with van der Waals surface area (Å²) in [6.07, 6.45) is 17.0. The van der Waals surface area contributed by atoms with Crippen LogP contribution in [0.2, 0.25) is 0 Å². The van der Waals surface area contributed by atoms with Crippen LogP contribution >= 0.6 is 0 Å². The van der Waals surface area contributed by atoms with Gasteiger partial charge in [0.25, 0.3) is 0 Å². The Bertz CT molecular complexity index is 1570. The van der Waals surface area contributed by atoms with E-state index in [-0.39, 0.29) is 0 Å². The lowest BCUT2D eigenvalue weighted by atomic mass is 9.78. The molecule has 0 radical (unpaired) electrons. The number of nitrogens with zero attached hydrogens (tertiary/aromatic N) is 2. The highest BCUT2D eigenvalue weighted by molar-refractivity contribution is 5.85. The third-order valence-corrected chi connectivity index (χ3v) is 11.9. The van der Waals surface area contributed by atoms with Crippen LogP contribution in [-0.2, 0) is 0 Å². The molecule has 4 aromatic rings. The van der Waals surface area contributed by atoms with E-state index in [1.807, 2.05) is 0 Å². The number of hydrogen-bond donors (Lipinski definition) is 4. The van der Waals surface area contributed by atoms with E-state index in [2.05, 4.69) is 57.3 Å². The van der Waals surface area contributed by atoms with Gasteiger partial charge < -0.3 is 20.6 Å². The number of H-pyrrole nitrogens is 2. The molecule has 6 nitrogen and oxygen atoms in total. The standard InChI is InChI=1S/C36H40N6/c1-3-27(37-13-1)35-39-17-29(41-35)25-11-9-23(31-19-5-7-21(15-19)33(25)31)24-10-12-26(34-22-8-6-20(16-22)32(24)34)30-18-40-36(42-30)28-4-2-14-38-28/h9-12,17-22,27-28,37-38H,1-8,13-16H2,(H,39,41)(H,40,42)/t19?,20?,21?,22?,27-,28-/m0/s1. The predicted octanol–water partition coefficient (Wildman–Crippen LogP) is 7.71. The van der Waals surface area contributed by atoms with Gasteiger partial charge in [-0.15, -0.1) is 0 Å². The summed E-state index contributed by atoms with van der Waals surface area (Å²) in [7, 11) is 0. The topological polar surface area (TPSA) is 81.4 Å².